The summed E-state index contributed by atoms with van der Waals surface area (Å²) in [6.07, 6.45) is 1.47. The molecule has 0 aliphatic heterocycles. The van der Waals surface area contributed by atoms with Crippen LogP contribution in [0.3, 0.4) is 0 Å². The van der Waals surface area contributed by atoms with Gasteiger partial charge in [0, 0.05) is 24.0 Å². The Bertz CT molecular complexity index is 1030. The van der Waals surface area contributed by atoms with Gasteiger partial charge in [-0.05, 0) is 61.7 Å². The number of aryl methyl sites for hydroxylation is 3. The molecule has 1 heterocycles. The van der Waals surface area contributed by atoms with Gasteiger partial charge in [-0.1, -0.05) is 35.9 Å². The Kier molecular flexibility index (Phi) is 5.84. The summed E-state index contributed by atoms with van der Waals surface area (Å²) in [7, 11) is 0. The highest BCUT2D eigenvalue weighted by Crippen LogP contribution is 2.15. The van der Waals surface area contributed by atoms with Gasteiger partial charge < -0.3 is 10.6 Å². The van der Waals surface area contributed by atoms with E-state index in [9.17, 15) is 9.59 Å². The van der Waals surface area contributed by atoms with Crippen LogP contribution in [0.25, 0.3) is 0 Å². The molecule has 2 N–H and O–H groups in total. The molecule has 0 unspecified atom stereocenters. The van der Waals surface area contributed by atoms with Gasteiger partial charge in [0.05, 0.1) is 0 Å². The van der Waals surface area contributed by atoms with Gasteiger partial charge in [0.1, 0.15) is 5.69 Å². The summed E-state index contributed by atoms with van der Waals surface area (Å²) in [5, 5.41) is 5.70. The van der Waals surface area contributed by atoms with E-state index in [1.807, 2.05) is 63.2 Å². The zero-order chi connectivity index (χ0) is 20.1. The van der Waals surface area contributed by atoms with Crippen molar-refractivity contribution in [2.75, 3.05) is 5.32 Å². The second kappa shape index (κ2) is 8.48. The summed E-state index contributed by atoms with van der Waals surface area (Å²) in [5.74, 6) is -0.597. The molecule has 0 radical (unpaired) electrons. The molecule has 5 nitrogen and oxygen atoms in total. The summed E-state index contributed by atoms with van der Waals surface area (Å²) in [5.41, 5.74) is 5.70. The second-order valence-electron chi connectivity index (χ2n) is 6.85. The lowest BCUT2D eigenvalue weighted by molar-refractivity contribution is 0.0950. The molecule has 0 bridgehead atoms. The third kappa shape index (κ3) is 4.82. The number of carbonyl (C=O) groups is 2. The lowest BCUT2D eigenvalue weighted by Gasteiger charge is -2.09. The molecule has 0 fully saturated rings. The quantitative estimate of drug-likeness (QED) is 0.704. The van der Waals surface area contributed by atoms with Crippen molar-refractivity contribution in [1.29, 1.82) is 0 Å². The van der Waals surface area contributed by atoms with E-state index in [0.717, 1.165) is 22.3 Å². The van der Waals surface area contributed by atoms with Gasteiger partial charge in [-0.15, -0.1) is 0 Å². The Morgan fingerprint density at radius 3 is 2.46 bits per heavy atom. The van der Waals surface area contributed by atoms with E-state index in [2.05, 4.69) is 15.6 Å². The Morgan fingerprint density at radius 2 is 1.71 bits per heavy atom. The van der Waals surface area contributed by atoms with E-state index in [1.165, 1.54) is 12.3 Å². The molecule has 0 aliphatic rings. The smallest absolute Gasteiger partial charge is 0.274 e. The van der Waals surface area contributed by atoms with Crippen molar-refractivity contribution in [3.05, 3.63) is 94.3 Å². The predicted molar refractivity (Wildman–Crippen MR) is 110 cm³/mol. The van der Waals surface area contributed by atoms with Gasteiger partial charge in [-0.3, -0.25) is 14.6 Å². The van der Waals surface area contributed by atoms with Crippen molar-refractivity contribution in [1.82, 2.24) is 10.3 Å². The number of pyridine rings is 1. The SMILES string of the molecule is Cc1cccc(CNC(=O)c2ccnc(C(=O)Nc3ccc(C)c(C)c3)c2)c1. The number of anilines is 1. The highest BCUT2D eigenvalue weighted by atomic mass is 16.2. The van der Waals surface area contributed by atoms with Gasteiger partial charge in [-0.25, -0.2) is 0 Å². The molecule has 3 aromatic rings. The average molecular weight is 373 g/mol. The van der Waals surface area contributed by atoms with Gasteiger partial charge in [-0.2, -0.15) is 0 Å². The van der Waals surface area contributed by atoms with Crippen LogP contribution in [0, 0.1) is 20.8 Å². The van der Waals surface area contributed by atoms with Crippen molar-refractivity contribution in [3.8, 4) is 0 Å². The number of carbonyl (C=O) groups excluding carboxylic acids is 2. The lowest BCUT2D eigenvalue weighted by atomic mass is 10.1. The van der Waals surface area contributed by atoms with Crippen LogP contribution >= 0.6 is 0 Å². The highest BCUT2D eigenvalue weighted by molar-refractivity contribution is 6.04. The van der Waals surface area contributed by atoms with E-state index >= 15 is 0 Å². The number of benzene rings is 2. The molecule has 3 rings (SSSR count). The van der Waals surface area contributed by atoms with Crippen molar-refractivity contribution < 1.29 is 9.59 Å². The van der Waals surface area contributed by atoms with Gasteiger partial charge in [0.2, 0.25) is 0 Å². The van der Waals surface area contributed by atoms with Crippen molar-refractivity contribution >= 4 is 17.5 Å². The van der Waals surface area contributed by atoms with E-state index in [4.69, 9.17) is 0 Å². The fraction of sp³-hybridized carbons (Fsp3) is 0.174. The Labute approximate surface area is 164 Å². The molecule has 1 aromatic heterocycles. The van der Waals surface area contributed by atoms with Crippen molar-refractivity contribution in [3.63, 3.8) is 0 Å². The molecule has 5 heteroatoms. The number of nitrogens with zero attached hydrogens (tertiary/aromatic N) is 1. The topological polar surface area (TPSA) is 71.1 Å². The Balaban J connectivity index is 1.67. The number of amides is 2. The fourth-order valence-electron chi connectivity index (χ4n) is 2.82. The standard InChI is InChI=1S/C23H23N3O2/c1-15-5-4-6-18(11-15)14-25-22(27)19-9-10-24-21(13-19)23(28)26-20-8-7-16(2)17(3)12-20/h4-13H,14H2,1-3H3,(H,25,27)(H,26,28). The first-order valence-corrected chi connectivity index (χ1v) is 9.11. The first-order valence-electron chi connectivity index (χ1n) is 9.11. The number of rotatable bonds is 5. The number of nitrogens with one attached hydrogen (secondary N) is 2. The molecule has 0 saturated carbocycles. The number of hydrogen-bond donors (Lipinski definition) is 2. The third-order valence-corrected chi connectivity index (χ3v) is 4.56. The number of aromatic nitrogens is 1. The molecular formula is C23H23N3O2. The summed E-state index contributed by atoms with van der Waals surface area (Å²) < 4.78 is 0. The maximum atomic E-state index is 12.5. The van der Waals surface area contributed by atoms with E-state index < -0.39 is 0 Å². The largest absolute Gasteiger partial charge is 0.348 e. The van der Waals surface area contributed by atoms with Crippen LogP contribution in [-0.2, 0) is 6.54 Å². The first kappa shape index (κ1) is 19.3. The van der Waals surface area contributed by atoms with Crippen LogP contribution in [0.4, 0.5) is 5.69 Å². The van der Waals surface area contributed by atoms with E-state index in [1.54, 1.807) is 6.07 Å². The molecule has 0 spiro atoms. The molecule has 2 amide bonds. The predicted octanol–water partition coefficient (Wildman–Crippen LogP) is 4.19. The molecule has 142 valence electrons. The molecule has 0 aliphatic carbocycles. The van der Waals surface area contributed by atoms with E-state index in [-0.39, 0.29) is 17.5 Å². The van der Waals surface area contributed by atoms with Crippen molar-refractivity contribution in [2.45, 2.75) is 27.3 Å². The van der Waals surface area contributed by atoms with Crippen molar-refractivity contribution in [2.24, 2.45) is 0 Å². The maximum Gasteiger partial charge on any atom is 0.274 e. The normalized spacial score (nSPS) is 10.4. The van der Waals surface area contributed by atoms with Crippen LogP contribution in [0.2, 0.25) is 0 Å². The first-order chi connectivity index (χ1) is 13.4. The fourth-order valence-corrected chi connectivity index (χ4v) is 2.82. The van der Waals surface area contributed by atoms with Gasteiger partial charge >= 0.3 is 0 Å². The molecule has 2 aromatic carbocycles. The van der Waals surface area contributed by atoms with Gasteiger partial charge in [0.25, 0.3) is 11.8 Å². The number of hydrogen-bond acceptors (Lipinski definition) is 3. The summed E-state index contributed by atoms with van der Waals surface area (Å²) in [4.78, 5) is 29.0. The van der Waals surface area contributed by atoms with Crippen LogP contribution in [-0.4, -0.2) is 16.8 Å². The van der Waals surface area contributed by atoms with Gasteiger partial charge in [0.15, 0.2) is 0 Å². The lowest BCUT2D eigenvalue weighted by Crippen LogP contribution is -2.23. The Morgan fingerprint density at radius 1 is 0.893 bits per heavy atom. The summed E-state index contributed by atoms with van der Waals surface area (Å²) >= 11 is 0. The minimum Gasteiger partial charge on any atom is -0.348 e. The van der Waals surface area contributed by atoms with Crippen LogP contribution in [0.15, 0.2) is 60.8 Å². The molecule has 0 atom stereocenters. The summed E-state index contributed by atoms with van der Waals surface area (Å²) in [6, 6.07) is 16.8. The highest BCUT2D eigenvalue weighted by Gasteiger charge is 2.12. The van der Waals surface area contributed by atoms with Crippen LogP contribution in [0.1, 0.15) is 43.1 Å². The second-order valence-corrected chi connectivity index (χ2v) is 6.85. The summed E-state index contributed by atoms with van der Waals surface area (Å²) in [6.45, 7) is 6.44. The average Bonchev–Trinajstić information content (AvgIpc) is 2.69. The minimum atomic E-state index is -0.350. The van der Waals surface area contributed by atoms with Crippen LogP contribution in [0.5, 0.6) is 0 Å². The van der Waals surface area contributed by atoms with E-state index in [0.29, 0.717) is 17.8 Å². The Hall–Kier alpha value is -3.47. The molecule has 28 heavy (non-hydrogen) atoms. The maximum absolute atomic E-state index is 12.5. The third-order valence-electron chi connectivity index (χ3n) is 4.56. The van der Waals surface area contributed by atoms with Crippen LogP contribution < -0.4 is 10.6 Å². The zero-order valence-corrected chi connectivity index (χ0v) is 16.2. The molecule has 0 saturated heterocycles. The zero-order valence-electron chi connectivity index (χ0n) is 16.2. The minimum absolute atomic E-state index is 0.196. The molecular weight excluding hydrogens is 350 g/mol. The monoisotopic (exact) mass is 373 g/mol.